The lowest BCUT2D eigenvalue weighted by Gasteiger charge is -2.49. The number of aromatic nitrogens is 2. The Bertz CT molecular complexity index is 908. The lowest BCUT2D eigenvalue weighted by molar-refractivity contribution is -0.0645. The lowest BCUT2D eigenvalue weighted by atomic mass is 9.89. The number of piperidine rings is 1. The molecule has 2 N–H and O–H groups in total. The van der Waals surface area contributed by atoms with Gasteiger partial charge in [-0.2, -0.15) is 0 Å². The van der Waals surface area contributed by atoms with Crippen molar-refractivity contribution in [2.45, 2.75) is 37.4 Å². The average molecular weight is 379 g/mol. The van der Waals surface area contributed by atoms with Gasteiger partial charge in [0.2, 0.25) is 0 Å². The highest BCUT2D eigenvalue weighted by Crippen LogP contribution is 2.38. The molecule has 0 radical (unpaired) electrons. The summed E-state index contributed by atoms with van der Waals surface area (Å²) < 4.78 is 7.85. The first-order chi connectivity index (χ1) is 13.6. The third-order valence-corrected chi connectivity index (χ3v) is 6.36. The van der Waals surface area contributed by atoms with E-state index < -0.39 is 0 Å². The van der Waals surface area contributed by atoms with Crippen LogP contribution in [0.1, 0.15) is 28.8 Å². The Balaban J connectivity index is 1.59. The maximum Gasteiger partial charge on any atom is 0.250 e. The fraction of sp³-hybridized carbons (Fsp3) is 0.429. The zero-order valence-corrected chi connectivity index (χ0v) is 16.0. The van der Waals surface area contributed by atoms with Crippen molar-refractivity contribution in [2.75, 3.05) is 25.2 Å². The highest BCUT2D eigenvalue weighted by molar-refractivity contribution is 5.96. The summed E-state index contributed by atoms with van der Waals surface area (Å²) in [5.74, 6) is 0.653. The summed E-state index contributed by atoms with van der Waals surface area (Å²) in [6, 6.07) is 5.12. The molecule has 3 aliphatic rings. The second-order valence-electron chi connectivity index (χ2n) is 7.92. The Morgan fingerprint density at radius 2 is 2.04 bits per heavy atom. The van der Waals surface area contributed by atoms with Gasteiger partial charge in [0.05, 0.1) is 30.7 Å². The summed E-state index contributed by atoms with van der Waals surface area (Å²) in [4.78, 5) is 21.2. The van der Waals surface area contributed by atoms with E-state index in [0.717, 1.165) is 43.1 Å². The van der Waals surface area contributed by atoms with Crippen LogP contribution in [-0.2, 0) is 11.2 Å². The molecule has 146 valence electrons. The number of anilines is 1. The van der Waals surface area contributed by atoms with Crippen molar-refractivity contribution in [1.82, 2.24) is 14.5 Å². The van der Waals surface area contributed by atoms with Crippen LogP contribution in [0.4, 0.5) is 5.82 Å². The molecule has 3 aliphatic heterocycles. The van der Waals surface area contributed by atoms with Crippen molar-refractivity contribution in [3.05, 3.63) is 54.1 Å². The van der Waals surface area contributed by atoms with Crippen LogP contribution in [0.2, 0.25) is 0 Å². The van der Waals surface area contributed by atoms with E-state index in [1.54, 1.807) is 6.20 Å². The maximum absolute atomic E-state index is 12.1. The van der Waals surface area contributed by atoms with E-state index in [4.69, 9.17) is 10.5 Å². The number of rotatable bonds is 3. The number of allylic oxidation sites excluding steroid dienone is 1. The molecule has 2 aromatic rings. The summed E-state index contributed by atoms with van der Waals surface area (Å²) in [6.07, 6.45) is 12.5. The SMILES string of the molecule is CN1[C@@H]2COC[C@H]1CC(N1C=CCc3c(C(N)=O)cn(-c4cccnc4)c31)C2. The maximum atomic E-state index is 12.1. The minimum atomic E-state index is -0.386. The molecule has 2 fully saturated rings. The zero-order chi connectivity index (χ0) is 19.3. The molecule has 2 aromatic heterocycles. The van der Waals surface area contributed by atoms with Gasteiger partial charge in [-0.05, 0) is 38.4 Å². The van der Waals surface area contributed by atoms with E-state index in [1.807, 2.05) is 24.5 Å². The molecular formula is C21H25N5O2. The minimum absolute atomic E-state index is 0.358. The van der Waals surface area contributed by atoms with Gasteiger partial charge < -0.3 is 19.9 Å². The molecule has 5 rings (SSSR count). The topological polar surface area (TPSA) is 76.6 Å². The van der Waals surface area contributed by atoms with Gasteiger partial charge in [-0.1, -0.05) is 6.08 Å². The Morgan fingerprint density at radius 3 is 2.71 bits per heavy atom. The van der Waals surface area contributed by atoms with Crippen LogP contribution >= 0.6 is 0 Å². The van der Waals surface area contributed by atoms with E-state index in [1.165, 1.54) is 0 Å². The second kappa shape index (κ2) is 6.76. The summed E-state index contributed by atoms with van der Waals surface area (Å²) in [6.45, 7) is 1.56. The van der Waals surface area contributed by atoms with Gasteiger partial charge in [0, 0.05) is 42.3 Å². The highest BCUT2D eigenvalue weighted by Gasteiger charge is 2.40. The van der Waals surface area contributed by atoms with E-state index in [-0.39, 0.29) is 5.91 Å². The molecule has 1 unspecified atom stereocenters. The first-order valence-corrected chi connectivity index (χ1v) is 9.82. The number of ether oxygens (including phenoxy) is 1. The van der Waals surface area contributed by atoms with Crippen molar-refractivity contribution < 1.29 is 9.53 Å². The number of pyridine rings is 1. The van der Waals surface area contributed by atoms with E-state index in [2.05, 4.69) is 38.7 Å². The van der Waals surface area contributed by atoms with Gasteiger partial charge in [0.25, 0.3) is 5.91 Å². The normalized spacial score (nSPS) is 26.9. The van der Waals surface area contributed by atoms with Crippen LogP contribution in [0.3, 0.4) is 0 Å². The molecule has 0 spiro atoms. The Kier molecular flexibility index (Phi) is 4.21. The third-order valence-electron chi connectivity index (χ3n) is 6.36. The monoisotopic (exact) mass is 379 g/mol. The standard InChI is InChI=1S/C21H25N5O2/c1-24-16-8-15(9-17(24)13-28-12-16)25-7-3-5-18-19(20(22)27)11-26(21(18)25)14-4-2-6-23-10-14/h2-4,6-7,10-11,15-17H,5,8-9,12-13H2,1H3,(H2,22,27)/t15?,16-,17+. The smallest absolute Gasteiger partial charge is 0.250 e. The van der Waals surface area contributed by atoms with Crippen molar-refractivity contribution in [3.63, 3.8) is 0 Å². The van der Waals surface area contributed by atoms with Crippen molar-refractivity contribution in [3.8, 4) is 5.69 Å². The Hall–Kier alpha value is -2.64. The summed E-state index contributed by atoms with van der Waals surface area (Å²) >= 11 is 0. The number of carbonyl (C=O) groups excluding carboxylic acids is 1. The number of morpholine rings is 1. The summed E-state index contributed by atoms with van der Waals surface area (Å²) in [7, 11) is 2.20. The molecule has 2 bridgehead atoms. The molecule has 3 atom stereocenters. The predicted octanol–water partition coefficient (Wildman–Crippen LogP) is 1.71. The molecule has 0 aliphatic carbocycles. The van der Waals surface area contributed by atoms with Crippen molar-refractivity contribution >= 4 is 11.7 Å². The fourth-order valence-electron chi connectivity index (χ4n) is 4.86. The number of fused-ring (bicyclic) bond motifs is 3. The van der Waals surface area contributed by atoms with E-state index in [9.17, 15) is 4.79 Å². The van der Waals surface area contributed by atoms with E-state index in [0.29, 0.717) is 30.1 Å². The molecule has 28 heavy (non-hydrogen) atoms. The van der Waals surface area contributed by atoms with Crippen molar-refractivity contribution in [1.29, 1.82) is 0 Å². The lowest BCUT2D eigenvalue weighted by Crippen LogP contribution is -2.59. The van der Waals surface area contributed by atoms with E-state index >= 15 is 0 Å². The largest absolute Gasteiger partial charge is 0.378 e. The third kappa shape index (κ3) is 2.73. The molecule has 1 amide bonds. The number of hydrogen-bond donors (Lipinski definition) is 1. The van der Waals surface area contributed by atoms with Gasteiger partial charge in [0.15, 0.2) is 0 Å². The van der Waals surface area contributed by atoms with Crippen LogP contribution in [0.5, 0.6) is 0 Å². The number of amides is 1. The van der Waals surface area contributed by atoms with Crippen LogP contribution in [-0.4, -0.2) is 58.7 Å². The minimum Gasteiger partial charge on any atom is -0.378 e. The highest BCUT2D eigenvalue weighted by atomic mass is 16.5. The fourth-order valence-corrected chi connectivity index (χ4v) is 4.86. The van der Waals surface area contributed by atoms with Crippen LogP contribution in [0.15, 0.2) is 43.0 Å². The first kappa shape index (κ1) is 17.5. The van der Waals surface area contributed by atoms with Crippen molar-refractivity contribution in [2.24, 2.45) is 5.73 Å². The quantitative estimate of drug-likeness (QED) is 0.879. The summed E-state index contributed by atoms with van der Waals surface area (Å²) in [5.41, 5.74) is 8.23. The molecule has 0 aromatic carbocycles. The van der Waals surface area contributed by atoms with Crippen LogP contribution in [0.25, 0.3) is 5.69 Å². The molecule has 7 nitrogen and oxygen atoms in total. The molecule has 2 saturated heterocycles. The number of nitrogens with two attached hydrogens (primary N) is 1. The molecule has 5 heterocycles. The number of hydrogen-bond acceptors (Lipinski definition) is 5. The van der Waals surface area contributed by atoms with Gasteiger partial charge in [-0.3, -0.25) is 14.7 Å². The van der Waals surface area contributed by atoms with Gasteiger partial charge >= 0.3 is 0 Å². The Morgan fingerprint density at radius 1 is 1.25 bits per heavy atom. The number of nitrogens with zero attached hydrogens (tertiary/aromatic N) is 4. The molecule has 7 heteroatoms. The van der Waals surface area contributed by atoms with Gasteiger partial charge in [-0.15, -0.1) is 0 Å². The van der Waals surface area contributed by atoms with Crippen LogP contribution in [0, 0.1) is 0 Å². The predicted molar refractivity (Wildman–Crippen MR) is 107 cm³/mol. The molecular weight excluding hydrogens is 354 g/mol. The zero-order valence-electron chi connectivity index (χ0n) is 16.0. The molecule has 0 saturated carbocycles. The van der Waals surface area contributed by atoms with Gasteiger partial charge in [0.1, 0.15) is 5.82 Å². The Labute approximate surface area is 164 Å². The number of likely N-dealkylation sites (N-methyl/N-ethyl adjacent to an activating group) is 1. The second-order valence-corrected chi connectivity index (χ2v) is 7.92. The number of carbonyl (C=O) groups is 1. The van der Waals surface area contributed by atoms with Gasteiger partial charge in [-0.25, -0.2) is 0 Å². The average Bonchev–Trinajstić information content (AvgIpc) is 3.09. The summed E-state index contributed by atoms with van der Waals surface area (Å²) in [5, 5.41) is 0. The first-order valence-electron chi connectivity index (χ1n) is 9.82. The van der Waals surface area contributed by atoms with Crippen LogP contribution < -0.4 is 10.6 Å². The number of primary amides is 1.